The molecular weight excluding hydrogens is 208 g/mol. The van der Waals surface area contributed by atoms with Gasteiger partial charge < -0.3 is 9.84 Å². The van der Waals surface area contributed by atoms with Gasteiger partial charge in [-0.3, -0.25) is 0 Å². The minimum absolute atomic E-state index is 0.330. The minimum atomic E-state index is -0.875. The number of carboxylic acids is 1. The lowest BCUT2D eigenvalue weighted by Gasteiger charge is -1.97. The predicted octanol–water partition coefficient (Wildman–Crippen LogP) is 2.55. The molecule has 92 valence electrons. The smallest absolute Gasteiger partial charge is 0.330 e. The van der Waals surface area contributed by atoms with Crippen LogP contribution in [0.5, 0.6) is 0 Å². The van der Waals surface area contributed by atoms with Crippen molar-refractivity contribution in [2.45, 2.75) is 33.6 Å². The molecule has 0 amide bonds. The Morgan fingerprint density at radius 1 is 1.38 bits per heavy atom. The van der Waals surface area contributed by atoms with E-state index in [-0.39, 0.29) is 5.97 Å². The lowest BCUT2D eigenvalue weighted by atomic mass is 10.3. The van der Waals surface area contributed by atoms with Gasteiger partial charge in [0.1, 0.15) is 0 Å². The Bertz CT molecular complexity index is 250. The summed E-state index contributed by atoms with van der Waals surface area (Å²) >= 11 is 0. The summed E-state index contributed by atoms with van der Waals surface area (Å²) in [7, 11) is 0. The number of rotatable bonds is 5. The summed E-state index contributed by atoms with van der Waals surface area (Å²) in [4.78, 5) is 20.1. The van der Waals surface area contributed by atoms with Crippen LogP contribution < -0.4 is 0 Å². The largest absolute Gasteiger partial charge is 0.478 e. The van der Waals surface area contributed by atoms with Crippen molar-refractivity contribution < 1.29 is 19.4 Å². The maximum Gasteiger partial charge on any atom is 0.330 e. The van der Waals surface area contributed by atoms with Crippen molar-refractivity contribution in [3.8, 4) is 0 Å². The van der Waals surface area contributed by atoms with Crippen LogP contribution in [0.1, 0.15) is 33.6 Å². The zero-order chi connectivity index (χ0) is 13.0. The first-order valence-corrected chi connectivity index (χ1v) is 5.11. The molecule has 4 heteroatoms. The zero-order valence-corrected chi connectivity index (χ0v) is 10.2. The summed E-state index contributed by atoms with van der Waals surface area (Å²) in [5.74, 6) is -1.21. The molecule has 0 bridgehead atoms. The van der Waals surface area contributed by atoms with Gasteiger partial charge in [0.15, 0.2) is 0 Å². The highest BCUT2D eigenvalue weighted by Gasteiger charge is 1.91. The number of hydrogen-bond acceptors (Lipinski definition) is 3. The van der Waals surface area contributed by atoms with Crippen LogP contribution in [0.15, 0.2) is 24.3 Å². The van der Waals surface area contributed by atoms with E-state index in [0.717, 1.165) is 18.4 Å². The molecule has 0 heterocycles. The maximum atomic E-state index is 10.3. The van der Waals surface area contributed by atoms with Gasteiger partial charge in [-0.25, -0.2) is 9.59 Å². The molecule has 0 aliphatic carbocycles. The number of ether oxygens (including phenoxy) is 1. The van der Waals surface area contributed by atoms with Crippen LogP contribution in [-0.4, -0.2) is 23.7 Å². The molecule has 0 fully saturated rings. The number of esters is 1. The fourth-order valence-electron chi connectivity index (χ4n) is 0.623. The highest BCUT2D eigenvalue weighted by Crippen LogP contribution is 1.88. The van der Waals surface area contributed by atoms with Gasteiger partial charge in [-0.05, 0) is 20.3 Å². The Hall–Kier alpha value is -1.58. The summed E-state index contributed by atoms with van der Waals surface area (Å²) in [6, 6.07) is 0. The first kappa shape index (κ1) is 16.8. The summed E-state index contributed by atoms with van der Waals surface area (Å²) in [5.41, 5.74) is 0.813. The summed E-state index contributed by atoms with van der Waals surface area (Å²) in [5, 5.41) is 8.01. The molecule has 0 saturated heterocycles. The topological polar surface area (TPSA) is 63.6 Å². The molecule has 4 nitrogen and oxygen atoms in total. The first-order chi connectivity index (χ1) is 7.43. The molecule has 0 aromatic heterocycles. The second-order valence-corrected chi connectivity index (χ2v) is 3.29. The summed E-state index contributed by atoms with van der Waals surface area (Å²) in [6.07, 6.45) is 4.32. The number of carbonyl (C=O) groups is 2. The van der Waals surface area contributed by atoms with E-state index in [0.29, 0.717) is 6.61 Å². The first-order valence-electron chi connectivity index (χ1n) is 5.11. The average molecular weight is 228 g/mol. The molecule has 0 spiro atoms. The number of hydrogen-bond donors (Lipinski definition) is 1. The van der Waals surface area contributed by atoms with Crippen LogP contribution in [-0.2, 0) is 14.3 Å². The van der Waals surface area contributed by atoms with E-state index in [4.69, 9.17) is 5.11 Å². The van der Waals surface area contributed by atoms with Gasteiger partial charge >= 0.3 is 11.9 Å². The van der Waals surface area contributed by atoms with Crippen molar-refractivity contribution in [3.63, 3.8) is 0 Å². The van der Waals surface area contributed by atoms with Crippen molar-refractivity contribution in [2.75, 3.05) is 6.61 Å². The van der Waals surface area contributed by atoms with Crippen LogP contribution in [0.4, 0.5) is 0 Å². The second kappa shape index (κ2) is 11.5. The summed E-state index contributed by atoms with van der Waals surface area (Å²) in [6.45, 7) is 9.31. The van der Waals surface area contributed by atoms with Crippen LogP contribution in [0.3, 0.4) is 0 Å². The van der Waals surface area contributed by atoms with Gasteiger partial charge in [0.25, 0.3) is 0 Å². The van der Waals surface area contributed by atoms with Gasteiger partial charge in [-0.1, -0.05) is 25.5 Å². The molecule has 0 atom stereocenters. The van der Waals surface area contributed by atoms with Crippen molar-refractivity contribution >= 4 is 11.9 Å². The Kier molecular flexibility index (Phi) is 12.1. The molecule has 0 radical (unpaired) electrons. The van der Waals surface area contributed by atoms with E-state index in [1.165, 1.54) is 12.2 Å². The quantitative estimate of drug-likeness (QED) is 0.446. The third-order valence-electron chi connectivity index (χ3n) is 1.32. The maximum absolute atomic E-state index is 10.3. The van der Waals surface area contributed by atoms with E-state index in [1.54, 1.807) is 13.8 Å². The zero-order valence-electron chi connectivity index (χ0n) is 10.2. The van der Waals surface area contributed by atoms with Crippen LogP contribution in [0.2, 0.25) is 0 Å². The molecule has 1 N–H and O–H groups in total. The average Bonchev–Trinajstić information content (AvgIpc) is 2.16. The van der Waals surface area contributed by atoms with Crippen molar-refractivity contribution in [2.24, 2.45) is 0 Å². The number of carbonyl (C=O) groups excluding carboxylic acids is 1. The van der Waals surface area contributed by atoms with E-state index in [2.05, 4.69) is 11.3 Å². The highest BCUT2D eigenvalue weighted by molar-refractivity contribution is 5.81. The van der Waals surface area contributed by atoms with Gasteiger partial charge in [0.2, 0.25) is 0 Å². The van der Waals surface area contributed by atoms with E-state index in [9.17, 15) is 9.59 Å². The van der Waals surface area contributed by atoms with Crippen LogP contribution in [0, 0.1) is 0 Å². The molecule has 0 unspecified atom stereocenters. The van der Waals surface area contributed by atoms with Gasteiger partial charge in [-0.2, -0.15) is 0 Å². The Labute approximate surface area is 96.6 Å². The minimum Gasteiger partial charge on any atom is -0.478 e. The molecule has 16 heavy (non-hydrogen) atoms. The van der Waals surface area contributed by atoms with E-state index in [1.807, 2.05) is 6.92 Å². The molecule has 0 aliphatic heterocycles. The van der Waals surface area contributed by atoms with Gasteiger partial charge in [-0.15, -0.1) is 0 Å². The van der Waals surface area contributed by atoms with E-state index < -0.39 is 5.97 Å². The fraction of sp³-hybridized carbons (Fsp3) is 0.500. The third-order valence-corrected chi connectivity index (χ3v) is 1.32. The third kappa shape index (κ3) is 18.3. The SMILES string of the molecule is C=CC(=O)OCCCC.CC(C)=CC(=O)O. The molecule has 0 aromatic carbocycles. The molecule has 0 rings (SSSR count). The van der Waals surface area contributed by atoms with E-state index >= 15 is 0 Å². The number of allylic oxidation sites excluding steroid dienone is 1. The molecule has 0 aromatic rings. The normalized spacial score (nSPS) is 8.19. The Balaban J connectivity index is 0. The predicted molar refractivity (Wildman–Crippen MR) is 63.1 cm³/mol. The lowest BCUT2D eigenvalue weighted by Crippen LogP contribution is -2.00. The highest BCUT2D eigenvalue weighted by atomic mass is 16.5. The van der Waals surface area contributed by atoms with Gasteiger partial charge in [0, 0.05) is 12.2 Å². The summed E-state index contributed by atoms with van der Waals surface area (Å²) < 4.78 is 4.67. The monoisotopic (exact) mass is 228 g/mol. The fourth-order valence-corrected chi connectivity index (χ4v) is 0.623. The van der Waals surface area contributed by atoms with Crippen molar-refractivity contribution in [1.29, 1.82) is 0 Å². The number of carboxylic acid groups (broad SMARTS) is 1. The lowest BCUT2D eigenvalue weighted by molar-refractivity contribution is -0.137. The molecule has 0 saturated carbocycles. The second-order valence-electron chi connectivity index (χ2n) is 3.29. The number of unbranched alkanes of at least 4 members (excludes halogenated alkanes) is 1. The molecule has 0 aliphatic rings. The van der Waals surface area contributed by atoms with Gasteiger partial charge in [0.05, 0.1) is 6.61 Å². The standard InChI is InChI=1S/C7H12O2.C5H8O2/c1-3-5-6-9-7(8)4-2;1-4(2)3-5(6)7/h4H,2-3,5-6H2,1H3;3H,1-2H3,(H,6,7). The number of aliphatic carboxylic acids is 1. The van der Waals surface area contributed by atoms with Crippen molar-refractivity contribution in [3.05, 3.63) is 24.3 Å². The van der Waals surface area contributed by atoms with Crippen molar-refractivity contribution in [1.82, 2.24) is 0 Å². The Morgan fingerprint density at radius 3 is 2.19 bits per heavy atom. The van der Waals surface area contributed by atoms with Crippen LogP contribution in [0.25, 0.3) is 0 Å². The molecular formula is C12H20O4. The Morgan fingerprint density at radius 2 is 1.94 bits per heavy atom. The van der Waals surface area contributed by atoms with Crippen LogP contribution >= 0.6 is 0 Å².